The molecule has 50 heavy (non-hydrogen) atoms. The Kier molecular flexibility index (Phi) is 15.7. The molecule has 2 aromatic rings. The number of fused-ring (bicyclic) bond motifs is 2. The Balaban J connectivity index is 1.29. The third-order valence-corrected chi connectivity index (χ3v) is 9.51. The molecule has 1 aromatic heterocycles. The first-order valence-corrected chi connectivity index (χ1v) is 18.5. The zero-order chi connectivity index (χ0) is 35.9. The average Bonchev–Trinajstić information content (AvgIpc) is 3.08. The first-order valence-electron chi connectivity index (χ1n) is 18.5. The van der Waals surface area contributed by atoms with E-state index in [1.807, 2.05) is 6.92 Å². The Morgan fingerprint density at radius 2 is 1.54 bits per heavy atom. The quantitative estimate of drug-likeness (QED) is 0.110. The Morgan fingerprint density at radius 3 is 2.16 bits per heavy atom. The number of ether oxygens (including phenoxy) is 3. The second kappa shape index (κ2) is 20.1. The van der Waals surface area contributed by atoms with Gasteiger partial charge >= 0.3 is 6.16 Å². The number of nitrogens with zero attached hydrogens (tertiary/aromatic N) is 2. The van der Waals surface area contributed by atoms with Crippen molar-refractivity contribution in [3.05, 3.63) is 63.1 Å². The van der Waals surface area contributed by atoms with Gasteiger partial charge in [-0.15, -0.1) is 0 Å². The van der Waals surface area contributed by atoms with E-state index in [4.69, 9.17) is 14.2 Å². The number of hydrogen-bond acceptors (Lipinski definition) is 7. The summed E-state index contributed by atoms with van der Waals surface area (Å²) in [6.45, 7) is 4.37. The number of benzene rings is 1. The second-order valence-corrected chi connectivity index (χ2v) is 13.4. The van der Waals surface area contributed by atoms with Gasteiger partial charge in [0.15, 0.2) is 11.9 Å². The number of hydrogen-bond donors (Lipinski definition) is 1. The summed E-state index contributed by atoms with van der Waals surface area (Å²) in [5.74, 6) is -3.71. The summed E-state index contributed by atoms with van der Waals surface area (Å²) in [6, 6.07) is 2.73. The zero-order valence-corrected chi connectivity index (χ0v) is 29.6. The molecule has 1 fully saturated rings. The largest absolute Gasteiger partial charge is 0.514 e. The number of pyridine rings is 1. The SMILES string of the molecule is CCCCCCCCCCCCCCCCCOC(=O)Oc1c2n(cc(C(=O)NCc3ccc(F)cc3F)c1=O)C[C@@H]1OCC[C@@H](C)N1C2=O. The van der Waals surface area contributed by atoms with E-state index < -0.39 is 52.6 Å². The summed E-state index contributed by atoms with van der Waals surface area (Å²) < 4.78 is 45.3. The summed E-state index contributed by atoms with van der Waals surface area (Å²) in [7, 11) is 0. The molecule has 0 radical (unpaired) electrons. The molecule has 10 nitrogen and oxygen atoms in total. The highest BCUT2D eigenvalue weighted by molar-refractivity contribution is 6.00. The van der Waals surface area contributed by atoms with Gasteiger partial charge in [0.25, 0.3) is 11.8 Å². The summed E-state index contributed by atoms with van der Waals surface area (Å²) in [4.78, 5) is 54.8. The highest BCUT2D eigenvalue weighted by atomic mass is 19.1. The van der Waals surface area contributed by atoms with Crippen LogP contribution in [0.15, 0.2) is 29.2 Å². The van der Waals surface area contributed by atoms with Gasteiger partial charge in [0.2, 0.25) is 11.2 Å². The van der Waals surface area contributed by atoms with Crippen LogP contribution in [0.1, 0.15) is 143 Å². The molecule has 0 bridgehead atoms. The molecule has 1 N–H and O–H groups in total. The van der Waals surface area contributed by atoms with Crippen molar-refractivity contribution in [2.24, 2.45) is 0 Å². The van der Waals surface area contributed by atoms with Crippen LogP contribution >= 0.6 is 0 Å². The van der Waals surface area contributed by atoms with Gasteiger partial charge in [-0.05, 0) is 25.8 Å². The van der Waals surface area contributed by atoms with Crippen molar-refractivity contribution in [2.45, 2.75) is 142 Å². The molecule has 4 rings (SSSR count). The van der Waals surface area contributed by atoms with Crippen LogP contribution < -0.4 is 15.5 Å². The van der Waals surface area contributed by atoms with Crippen LogP contribution in [-0.4, -0.2) is 52.9 Å². The number of rotatable bonds is 20. The summed E-state index contributed by atoms with van der Waals surface area (Å²) in [5.41, 5.74) is -1.60. The van der Waals surface area contributed by atoms with Crippen molar-refractivity contribution in [3.8, 4) is 5.75 Å². The van der Waals surface area contributed by atoms with Gasteiger partial charge in [0.05, 0.1) is 19.8 Å². The van der Waals surface area contributed by atoms with Crippen LogP contribution in [0.3, 0.4) is 0 Å². The van der Waals surface area contributed by atoms with E-state index in [9.17, 15) is 28.0 Å². The van der Waals surface area contributed by atoms with E-state index in [-0.39, 0.29) is 37.0 Å². The highest BCUT2D eigenvalue weighted by Gasteiger charge is 2.42. The molecule has 0 saturated carbocycles. The zero-order valence-electron chi connectivity index (χ0n) is 29.6. The Hall–Kier alpha value is -3.80. The van der Waals surface area contributed by atoms with Crippen molar-refractivity contribution in [1.29, 1.82) is 0 Å². The van der Waals surface area contributed by atoms with Crippen LogP contribution in [-0.2, 0) is 22.6 Å². The number of halogens is 2. The van der Waals surface area contributed by atoms with Crippen molar-refractivity contribution in [2.75, 3.05) is 13.2 Å². The van der Waals surface area contributed by atoms with Crippen LogP contribution in [0.5, 0.6) is 5.75 Å². The predicted molar refractivity (Wildman–Crippen MR) is 185 cm³/mol. The predicted octanol–water partition coefficient (Wildman–Crippen LogP) is 8.03. The second-order valence-electron chi connectivity index (χ2n) is 13.4. The van der Waals surface area contributed by atoms with Gasteiger partial charge in [-0.2, -0.15) is 0 Å². The Morgan fingerprint density at radius 1 is 0.920 bits per heavy atom. The average molecular weight is 702 g/mol. The Labute approximate surface area is 293 Å². The molecular weight excluding hydrogens is 648 g/mol. The van der Waals surface area contributed by atoms with Crippen LogP contribution in [0.25, 0.3) is 0 Å². The molecule has 2 aliphatic rings. The smallest absolute Gasteiger partial charge is 0.434 e. The topological polar surface area (TPSA) is 116 Å². The lowest BCUT2D eigenvalue weighted by Gasteiger charge is -2.44. The van der Waals surface area contributed by atoms with Gasteiger partial charge in [-0.25, -0.2) is 13.6 Å². The summed E-state index contributed by atoms with van der Waals surface area (Å²) in [5, 5.41) is 2.45. The first kappa shape index (κ1) is 39.0. The minimum absolute atomic E-state index is 0.00655. The van der Waals surface area contributed by atoms with Crippen molar-refractivity contribution < 1.29 is 37.4 Å². The molecule has 2 amide bonds. The fourth-order valence-corrected chi connectivity index (χ4v) is 6.58. The lowest BCUT2D eigenvalue weighted by atomic mass is 10.0. The van der Waals surface area contributed by atoms with Crippen LogP contribution in [0, 0.1) is 11.6 Å². The molecular formula is C38H53F2N3O7. The molecule has 12 heteroatoms. The summed E-state index contributed by atoms with van der Waals surface area (Å²) in [6.07, 6.45) is 18.0. The molecule has 2 atom stereocenters. The number of amides is 2. The molecule has 0 aliphatic carbocycles. The minimum Gasteiger partial charge on any atom is -0.434 e. The van der Waals surface area contributed by atoms with Crippen molar-refractivity contribution in [1.82, 2.24) is 14.8 Å². The van der Waals surface area contributed by atoms with Gasteiger partial charge < -0.3 is 29.0 Å². The molecule has 1 saturated heterocycles. The van der Waals surface area contributed by atoms with E-state index >= 15 is 0 Å². The number of unbranched alkanes of at least 4 members (excludes halogenated alkanes) is 14. The van der Waals surface area contributed by atoms with Crippen LogP contribution in [0.4, 0.5) is 13.6 Å². The van der Waals surface area contributed by atoms with Gasteiger partial charge in [-0.3, -0.25) is 14.4 Å². The number of carbonyl (C=O) groups excluding carboxylic acids is 3. The standard InChI is InChI=1S/C38H53F2N3O7/c1-3-4-5-6-7-8-9-10-11-12-13-14-15-16-17-21-49-38(47)50-35-33-37(46)43-27(2)20-22-48-32(43)26-42(33)25-30(34(35)44)36(45)41-24-28-18-19-29(39)23-31(28)40/h18-19,23,25,27,32H,3-17,20-22,24,26H2,1-2H3,(H,41,45)/t27-,32+/m1/s1. The van der Waals surface area contributed by atoms with Crippen molar-refractivity contribution >= 4 is 18.0 Å². The van der Waals surface area contributed by atoms with Gasteiger partial charge in [0.1, 0.15) is 17.2 Å². The summed E-state index contributed by atoms with van der Waals surface area (Å²) >= 11 is 0. The molecule has 276 valence electrons. The molecule has 3 heterocycles. The third kappa shape index (κ3) is 11.1. The number of nitrogens with one attached hydrogen (secondary N) is 1. The number of aromatic nitrogens is 1. The monoisotopic (exact) mass is 701 g/mol. The van der Waals surface area contributed by atoms with Gasteiger partial charge in [-0.1, -0.05) is 103 Å². The highest BCUT2D eigenvalue weighted by Crippen LogP contribution is 2.30. The maximum Gasteiger partial charge on any atom is 0.514 e. The lowest BCUT2D eigenvalue weighted by molar-refractivity contribution is -0.112. The van der Waals surface area contributed by atoms with E-state index in [2.05, 4.69) is 12.2 Å². The number of carbonyl (C=O) groups is 3. The first-order chi connectivity index (χ1) is 24.2. The molecule has 2 aliphatic heterocycles. The minimum atomic E-state index is -1.15. The maximum atomic E-state index is 14.2. The lowest BCUT2D eigenvalue weighted by Crippen LogP contribution is -2.57. The fraction of sp³-hybridized carbons (Fsp3) is 0.632. The normalized spacial score (nSPS) is 16.9. The van der Waals surface area contributed by atoms with E-state index in [1.165, 1.54) is 92.4 Å². The molecule has 0 unspecified atom stereocenters. The molecule has 1 aromatic carbocycles. The molecule has 0 spiro atoms. The van der Waals surface area contributed by atoms with E-state index in [0.29, 0.717) is 25.5 Å². The third-order valence-electron chi connectivity index (χ3n) is 9.51. The van der Waals surface area contributed by atoms with E-state index in [0.717, 1.165) is 25.3 Å². The Bertz CT molecular complexity index is 1500. The maximum absolute atomic E-state index is 14.2. The van der Waals surface area contributed by atoms with Crippen LogP contribution in [0.2, 0.25) is 0 Å². The van der Waals surface area contributed by atoms with Gasteiger partial charge in [0, 0.05) is 30.4 Å². The van der Waals surface area contributed by atoms with E-state index in [1.54, 1.807) is 0 Å². The fourth-order valence-electron chi connectivity index (χ4n) is 6.58. The van der Waals surface area contributed by atoms with Crippen molar-refractivity contribution in [3.63, 3.8) is 0 Å².